The number of nitrogens with zero attached hydrogens (tertiary/aromatic N) is 4. The minimum absolute atomic E-state index is 0.0671. The molecule has 0 aliphatic carbocycles. The van der Waals surface area contributed by atoms with Crippen LogP contribution in [0, 0.1) is 21.4 Å². The summed E-state index contributed by atoms with van der Waals surface area (Å²) in [5, 5.41) is 21.0. The Kier molecular flexibility index (Phi) is 7.53. The number of pyridine rings is 1. The van der Waals surface area contributed by atoms with E-state index in [1.54, 1.807) is 12.1 Å². The van der Waals surface area contributed by atoms with Gasteiger partial charge >= 0.3 is 5.69 Å². The van der Waals surface area contributed by atoms with Gasteiger partial charge in [-0.05, 0) is 35.2 Å². The van der Waals surface area contributed by atoms with Crippen molar-refractivity contribution >= 4 is 29.0 Å². The van der Waals surface area contributed by atoms with Gasteiger partial charge in [0, 0.05) is 12.5 Å². The summed E-state index contributed by atoms with van der Waals surface area (Å²) < 4.78 is 0. The van der Waals surface area contributed by atoms with E-state index >= 15 is 0 Å². The van der Waals surface area contributed by atoms with Crippen LogP contribution in [0.25, 0.3) is 11.1 Å². The molecule has 0 aliphatic rings. The Morgan fingerprint density at radius 2 is 1.88 bits per heavy atom. The maximum Gasteiger partial charge on any atom is 0.312 e. The zero-order chi connectivity index (χ0) is 23.1. The highest BCUT2D eigenvalue weighted by Gasteiger charge is 2.26. The molecule has 162 valence electrons. The van der Waals surface area contributed by atoms with Gasteiger partial charge in [-0.3, -0.25) is 19.8 Å². The number of hydrogen-bond donors (Lipinski definition) is 0. The molecule has 0 N–H and O–H groups in total. The van der Waals surface area contributed by atoms with Crippen molar-refractivity contribution < 1.29 is 9.72 Å². The van der Waals surface area contributed by atoms with Crippen LogP contribution in [0.1, 0.15) is 37.3 Å². The summed E-state index contributed by atoms with van der Waals surface area (Å²) in [6.45, 7) is 2.08. The van der Waals surface area contributed by atoms with Crippen molar-refractivity contribution in [2.75, 3.05) is 4.90 Å². The lowest BCUT2D eigenvalue weighted by molar-refractivity contribution is -0.384. The van der Waals surface area contributed by atoms with Gasteiger partial charge in [-0.2, -0.15) is 5.26 Å². The van der Waals surface area contributed by atoms with Gasteiger partial charge in [0.15, 0.2) is 0 Å². The predicted octanol–water partition coefficient (Wildman–Crippen LogP) is 5.91. The standard InChI is InChI=1S/C24H21ClN4O3/c1-2-3-8-23(30)28(24-21(29(31)32)13-14-22(25)27-24)16-17-9-11-18(12-10-17)20-7-5-4-6-19(20)15-26/h4-7,9-14H,2-3,8,16H2,1H3. The molecule has 1 heterocycles. The lowest BCUT2D eigenvalue weighted by Gasteiger charge is -2.22. The second-order valence-electron chi connectivity index (χ2n) is 7.17. The first-order valence-corrected chi connectivity index (χ1v) is 10.5. The molecule has 2 aromatic carbocycles. The zero-order valence-electron chi connectivity index (χ0n) is 17.5. The third-order valence-electron chi connectivity index (χ3n) is 4.97. The Balaban J connectivity index is 1.96. The van der Waals surface area contributed by atoms with Crippen LogP contribution < -0.4 is 4.90 Å². The molecule has 0 radical (unpaired) electrons. The predicted molar refractivity (Wildman–Crippen MR) is 123 cm³/mol. The summed E-state index contributed by atoms with van der Waals surface area (Å²) in [5.41, 5.74) is 2.73. The molecule has 1 aromatic heterocycles. The minimum Gasteiger partial charge on any atom is -0.287 e. The third kappa shape index (κ3) is 5.29. The number of anilines is 1. The molecule has 3 rings (SSSR count). The summed E-state index contributed by atoms with van der Waals surface area (Å²) in [7, 11) is 0. The first kappa shape index (κ1) is 22.9. The lowest BCUT2D eigenvalue weighted by atomic mass is 9.99. The van der Waals surface area contributed by atoms with Crippen LogP contribution in [0.3, 0.4) is 0 Å². The van der Waals surface area contributed by atoms with Crippen LogP contribution >= 0.6 is 11.6 Å². The van der Waals surface area contributed by atoms with E-state index in [9.17, 15) is 20.2 Å². The van der Waals surface area contributed by atoms with Crippen LogP contribution in [0.4, 0.5) is 11.5 Å². The average molecular weight is 449 g/mol. The van der Waals surface area contributed by atoms with E-state index in [1.807, 2.05) is 43.3 Å². The van der Waals surface area contributed by atoms with Crippen molar-refractivity contribution in [2.24, 2.45) is 0 Å². The summed E-state index contributed by atoms with van der Waals surface area (Å²) in [5.74, 6) is -0.328. The van der Waals surface area contributed by atoms with Gasteiger partial charge in [0.1, 0.15) is 5.15 Å². The number of carbonyl (C=O) groups is 1. The number of amides is 1. The van der Waals surface area contributed by atoms with Gasteiger partial charge in [-0.15, -0.1) is 0 Å². The molecule has 7 nitrogen and oxygen atoms in total. The lowest BCUT2D eigenvalue weighted by Crippen LogP contribution is -2.31. The molecular formula is C24H21ClN4O3. The normalized spacial score (nSPS) is 10.4. The fourth-order valence-corrected chi connectivity index (χ4v) is 3.45. The Morgan fingerprint density at radius 1 is 1.16 bits per heavy atom. The van der Waals surface area contributed by atoms with Crippen LogP contribution in [0.15, 0.2) is 60.7 Å². The zero-order valence-corrected chi connectivity index (χ0v) is 18.2. The van der Waals surface area contributed by atoms with Gasteiger partial charge in [0.2, 0.25) is 11.7 Å². The van der Waals surface area contributed by atoms with Crippen molar-refractivity contribution in [2.45, 2.75) is 32.7 Å². The molecule has 0 bridgehead atoms. The van der Waals surface area contributed by atoms with E-state index in [0.29, 0.717) is 12.0 Å². The maximum absolute atomic E-state index is 12.9. The van der Waals surface area contributed by atoms with Crippen LogP contribution in [-0.4, -0.2) is 15.8 Å². The number of carbonyl (C=O) groups excluding carboxylic acids is 1. The van der Waals surface area contributed by atoms with Crippen LogP contribution in [0.2, 0.25) is 5.15 Å². The van der Waals surface area contributed by atoms with Crippen LogP contribution in [0.5, 0.6) is 0 Å². The molecule has 3 aromatic rings. The highest BCUT2D eigenvalue weighted by atomic mass is 35.5. The molecule has 0 unspecified atom stereocenters. The Morgan fingerprint density at radius 3 is 2.53 bits per heavy atom. The second kappa shape index (κ2) is 10.5. The number of halogens is 1. The van der Waals surface area contributed by atoms with Crippen LogP contribution in [-0.2, 0) is 11.3 Å². The van der Waals surface area contributed by atoms with Crippen molar-refractivity contribution in [3.05, 3.63) is 87.1 Å². The Labute approximate surface area is 191 Å². The molecule has 1 amide bonds. The van der Waals surface area contributed by atoms with Gasteiger partial charge in [0.25, 0.3) is 0 Å². The van der Waals surface area contributed by atoms with Gasteiger partial charge in [-0.1, -0.05) is 67.4 Å². The molecular weight excluding hydrogens is 428 g/mol. The van der Waals surface area contributed by atoms with Crippen molar-refractivity contribution in [1.29, 1.82) is 5.26 Å². The van der Waals surface area contributed by atoms with E-state index in [1.165, 1.54) is 17.0 Å². The van der Waals surface area contributed by atoms with E-state index in [4.69, 9.17) is 11.6 Å². The summed E-state index contributed by atoms with van der Waals surface area (Å²) >= 11 is 6.00. The van der Waals surface area contributed by atoms with E-state index in [2.05, 4.69) is 11.1 Å². The SMILES string of the molecule is CCCCC(=O)N(Cc1ccc(-c2ccccc2C#N)cc1)c1nc(Cl)ccc1[N+](=O)[O-]. The quantitative estimate of drug-likeness (QED) is 0.242. The third-order valence-corrected chi connectivity index (χ3v) is 5.18. The van der Waals surface area contributed by atoms with E-state index in [0.717, 1.165) is 23.1 Å². The summed E-state index contributed by atoms with van der Waals surface area (Å²) in [4.78, 5) is 29.3. The molecule has 0 fully saturated rings. The fourth-order valence-electron chi connectivity index (χ4n) is 3.31. The van der Waals surface area contributed by atoms with E-state index < -0.39 is 4.92 Å². The Bertz CT molecular complexity index is 1170. The molecule has 0 saturated carbocycles. The number of benzene rings is 2. The highest BCUT2D eigenvalue weighted by molar-refractivity contribution is 6.29. The van der Waals surface area contributed by atoms with Gasteiger partial charge < -0.3 is 0 Å². The first-order chi connectivity index (χ1) is 15.4. The molecule has 0 spiro atoms. The summed E-state index contributed by atoms with van der Waals surface area (Å²) in [6, 6.07) is 19.4. The largest absolute Gasteiger partial charge is 0.312 e. The second-order valence-corrected chi connectivity index (χ2v) is 7.56. The first-order valence-electron chi connectivity index (χ1n) is 10.1. The van der Waals surface area contributed by atoms with Crippen molar-refractivity contribution in [3.63, 3.8) is 0 Å². The minimum atomic E-state index is -0.569. The highest BCUT2D eigenvalue weighted by Crippen LogP contribution is 2.30. The number of nitriles is 1. The Hall–Kier alpha value is -3.76. The number of unbranched alkanes of at least 4 members (excludes halogenated alkanes) is 1. The molecule has 0 aliphatic heterocycles. The number of nitro groups is 1. The van der Waals surface area contributed by atoms with E-state index in [-0.39, 0.29) is 35.5 Å². The van der Waals surface area contributed by atoms with Crippen molar-refractivity contribution in [1.82, 2.24) is 4.98 Å². The van der Waals surface area contributed by atoms with Gasteiger partial charge in [-0.25, -0.2) is 4.98 Å². The molecule has 0 atom stereocenters. The smallest absolute Gasteiger partial charge is 0.287 e. The topological polar surface area (TPSA) is 100 Å². The molecule has 32 heavy (non-hydrogen) atoms. The van der Waals surface area contributed by atoms with Gasteiger partial charge in [0.05, 0.1) is 23.1 Å². The number of aromatic nitrogens is 1. The molecule has 8 heteroatoms. The fraction of sp³-hybridized carbons (Fsp3) is 0.208. The molecule has 0 saturated heterocycles. The monoisotopic (exact) mass is 448 g/mol. The average Bonchev–Trinajstić information content (AvgIpc) is 2.81. The number of hydrogen-bond acceptors (Lipinski definition) is 5. The number of rotatable bonds is 8. The maximum atomic E-state index is 12.9. The van der Waals surface area contributed by atoms with Crippen molar-refractivity contribution in [3.8, 4) is 17.2 Å². The summed E-state index contributed by atoms with van der Waals surface area (Å²) in [6.07, 6.45) is 1.72.